The van der Waals surface area contributed by atoms with Crippen molar-refractivity contribution in [2.75, 3.05) is 70.9 Å². The van der Waals surface area contributed by atoms with Crippen LogP contribution in [0.1, 0.15) is 12.5 Å². The molecule has 2 heterocycles. The number of anilines is 1. The molecule has 1 aromatic carbocycles. The van der Waals surface area contributed by atoms with Gasteiger partial charge in [0, 0.05) is 64.6 Å². The summed E-state index contributed by atoms with van der Waals surface area (Å²) in [5, 5.41) is 13.5. The standard InChI is InChI=1S/C21H35N5O2/c1-4-24(18-7-5-6-17(2)14-18)9-8-22-21(28)26-15-19(20(27)16-26)25-12-10-23(3)11-13-25/h5-7,14,19-20,27H,4,8-13,15-16H2,1-3H3,(H,22,28)/t19-,20-/m0/s1. The maximum atomic E-state index is 12.6. The molecule has 156 valence electrons. The number of β-amino-alcohol motifs (C(OH)–C–C–N with tert-alkyl or cyclic N) is 1. The summed E-state index contributed by atoms with van der Waals surface area (Å²) in [5.74, 6) is 0. The van der Waals surface area contributed by atoms with Gasteiger partial charge in [-0.25, -0.2) is 4.79 Å². The number of likely N-dealkylation sites (tertiary alicyclic amines) is 1. The number of nitrogens with zero attached hydrogens (tertiary/aromatic N) is 4. The van der Waals surface area contributed by atoms with E-state index in [-0.39, 0.29) is 12.1 Å². The number of aliphatic hydroxyl groups is 1. The van der Waals surface area contributed by atoms with Gasteiger partial charge >= 0.3 is 6.03 Å². The second-order valence-corrected chi connectivity index (χ2v) is 8.03. The van der Waals surface area contributed by atoms with Crippen LogP contribution < -0.4 is 10.2 Å². The molecule has 0 aliphatic carbocycles. The first-order valence-corrected chi connectivity index (χ1v) is 10.4. The van der Waals surface area contributed by atoms with Crippen LogP contribution in [0.2, 0.25) is 0 Å². The highest BCUT2D eigenvalue weighted by Gasteiger charge is 2.38. The number of hydrogen-bond acceptors (Lipinski definition) is 5. The van der Waals surface area contributed by atoms with Gasteiger partial charge in [0.25, 0.3) is 0 Å². The maximum absolute atomic E-state index is 12.6. The zero-order valence-electron chi connectivity index (χ0n) is 17.5. The Balaban J connectivity index is 1.46. The summed E-state index contributed by atoms with van der Waals surface area (Å²) in [7, 11) is 2.12. The highest BCUT2D eigenvalue weighted by atomic mass is 16.3. The van der Waals surface area contributed by atoms with Crippen molar-refractivity contribution < 1.29 is 9.90 Å². The minimum Gasteiger partial charge on any atom is -0.390 e. The summed E-state index contributed by atoms with van der Waals surface area (Å²) in [4.78, 5) is 21.2. The number of carbonyl (C=O) groups is 1. The highest BCUT2D eigenvalue weighted by Crippen LogP contribution is 2.18. The maximum Gasteiger partial charge on any atom is 0.317 e. The Morgan fingerprint density at radius 1 is 1.25 bits per heavy atom. The van der Waals surface area contributed by atoms with Crippen molar-refractivity contribution in [1.29, 1.82) is 0 Å². The van der Waals surface area contributed by atoms with Crippen LogP contribution in [0.25, 0.3) is 0 Å². The van der Waals surface area contributed by atoms with Crippen LogP contribution in [0.15, 0.2) is 24.3 Å². The van der Waals surface area contributed by atoms with Gasteiger partial charge in [-0.2, -0.15) is 0 Å². The van der Waals surface area contributed by atoms with Gasteiger partial charge in [0.05, 0.1) is 12.1 Å². The molecule has 0 saturated carbocycles. The lowest BCUT2D eigenvalue weighted by Crippen LogP contribution is -2.53. The molecule has 0 aromatic heterocycles. The lowest BCUT2D eigenvalue weighted by molar-refractivity contribution is 0.0512. The van der Waals surface area contributed by atoms with Crippen LogP contribution in [-0.2, 0) is 0 Å². The van der Waals surface area contributed by atoms with Crippen molar-refractivity contribution in [2.45, 2.75) is 26.0 Å². The normalized spacial score (nSPS) is 23.8. The number of aliphatic hydroxyl groups excluding tert-OH is 1. The van der Waals surface area contributed by atoms with Crippen molar-refractivity contribution in [3.05, 3.63) is 29.8 Å². The van der Waals surface area contributed by atoms with Crippen LogP contribution in [-0.4, -0.2) is 104 Å². The summed E-state index contributed by atoms with van der Waals surface area (Å²) in [6, 6.07) is 8.42. The number of aryl methyl sites for hydroxylation is 1. The van der Waals surface area contributed by atoms with Crippen LogP contribution in [0.3, 0.4) is 0 Å². The molecule has 2 amide bonds. The molecular formula is C21H35N5O2. The molecule has 3 rings (SSSR count). The molecule has 7 heteroatoms. The van der Waals surface area contributed by atoms with E-state index in [0.29, 0.717) is 19.6 Å². The smallest absolute Gasteiger partial charge is 0.317 e. The third-order valence-corrected chi connectivity index (χ3v) is 5.96. The predicted molar refractivity (Wildman–Crippen MR) is 113 cm³/mol. The molecule has 2 fully saturated rings. The van der Waals surface area contributed by atoms with Crippen LogP contribution >= 0.6 is 0 Å². The Labute approximate surface area is 168 Å². The topological polar surface area (TPSA) is 62.3 Å². The highest BCUT2D eigenvalue weighted by molar-refractivity contribution is 5.74. The van der Waals surface area contributed by atoms with Crippen LogP contribution in [0.5, 0.6) is 0 Å². The van der Waals surface area contributed by atoms with Gasteiger partial charge in [-0.3, -0.25) is 4.90 Å². The molecule has 0 unspecified atom stereocenters. The molecule has 28 heavy (non-hydrogen) atoms. The molecule has 7 nitrogen and oxygen atoms in total. The average molecular weight is 390 g/mol. The third-order valence-electron chi connectivity index (χ3n) is 5.96. The van der Waals surface area contributed by atoms with Crippen molar-refractivity contribution in [2.24, 2.45) is 0 Å². The van der Waals surface area contributed by atoms with Crippen LogP contribution in [0, 0.1) is 6.92 Å². The van der Waals surface area contributed by atoms with E-state index < -0.39 is 6.10 Å². The average Bonchev–Trinajstić information content (AvgIpc) is 3.07. The Morgan fingerprint density at radius 2 is 2.00 bits per heavy atom. The summed E-state index contributed by atoms with van der Waals surface area (Å²) in [6.07, 6.45) is -0.464. The number of nitrogens with one attached hydrogen (secondary N) is 1. The summed E-state index contributed by atoms with van der Waals surface area (Å²) in [5.41, 5.74) is 2.42. The lowest BCUT2D eigenvalue weighted by Gasteiger charge is -2.37. The zero-order chi connectivity index (χ0) is 20.1. The lowest BCUT2D eigenvalue weighted by atomic mass is 10.1. The van der Waals surface area contributed by atoms with E-state index in [1.165, 1.54) is 11.3 Å². The van der Waals surface area contributed by atoms with E-state index in [2.05, 4.69) is 65.2 Å². The summed E-state index contributed by atoms with van der Waals surface area (Å²) < 4.78 is 0. The molecule has 2 N–H and O–H groups in total. The fourth-order valence-corrected chi connectivity index (χ4v) is 4.15. The van der Waals surface area contributed by atoms with E-state index in [1.807, 2.05) is 0 Å². The first kappa shape index (κ1) is 20.9. The number of amides is 2. The largest absolute Gasteiger partial charge is 0.390 e. The van der Waals surface area contributed by atoms with E-state index in [9.17, 15) is 9.90 Å². The Kier molecular flexibility index (Phi) is 7.15. The van der Waals surface area contributed by atoms with Crippen molar-refractivity contribution >= 4 is 11.7 Å². The van der Waals surface area contributed by atoms with Gasteiger partial charge in [-0.1, -0.05) is 12.1 Å². The first-order chi connectivity index (χ1) is 13.5. The van der Waals surface area contributed by atoms with Crippen molar-refractivity contribution in [3.63, 3.8) is 0 Å². The second-order valence-electron chi connectivity index (χ2n) is 8.03. The second kappa shape index (κ2) is 9.58. The number of likely N-dealkylation sites (N-methyl/N-ethyl adjacent to an activating group) is 2. The number of carbonyl (C=O) groups excluding carboxylic acids is 1. The molecule has 2 aliphatic rings. The van der Waals surface area contributed by atoms with Gasteiger partial charge in [0.2, 0.25) is 0 Å². The number of urea groups is 1. The predicted octanol–water partition coefficient (Wildman–Crippen LogP) is 0.823. The van der Waals surface area contributed by atoms with E-state index in [1.54, 1.807) is 4.90 Å². The van der Waals surface area contributed by atoms with E-state index >= 15 is 0 Å². The quantitative estimate of drug-likeness (QED) is 0.754. The molecule has 0 radical (unpaired) electrons. The van der Waals surface area contributed by atoms with Crippen LogP contribution in [0.4, 0.5) is 10.5 Å². The zero-order valence-corrected chi connectivity index (χ0v) is 17.5. The summed E-state index contributed by atoms with van der Waals surface area (Å²) >= 11 is 0. The monoisotopic (exact) mass is 389 g/mol. The number of rotatable bonds is 6. The van der Waals surface area contributed by atoms with Gasteiger partial charge in [-0.15, -0.1) is 0 Å². The van der Waals surface area contributed by atoms with Gasteiger partial charge < -0.3 is 25.1 Å². The molecule has 0 spiro atoms. The minimum atomic E-state index is -0.464. The summed E-state index contributed by atoms with van der Waals surface area (Å²) in [6.45, 7) is 11.4. The fraction of sp³-hybridized carbons (Fsp3) is 0.667. The number of hydrogen-bond donors (Lipinski definition) is 2. The minimum absolute atomic E-state index is 0.0545. The van der Waals surface area contributed by atoms with E-state index in [0.717, 1.165) is 39.3 Å². The van der Waals surface area contributed by atoms with Crippen molar-refractivity contribution in [1.82, 2.24) is 20.0 Å². The molecule has 2 saturated heterocycles. The number of benzene rings is 1. The Hall–Kier alpha value is -1.83. The first-order valence-electron chi connectivity index (χ1n) is 10.4. The van der Waals surface area contributed by atoms with Gasteiger partial charge in [0.15, 0.2) is 0 Å². The molecule has 0 bridgehead atoms. The molecule has 1 aromatic rings. The number of piperazine rings is 1. The van der Waals surface area contributed by atoms with Gasteiger partial charge in [-0.05, 0) is 38.6 Å². The van der Waals surface area contributed by atoms with Gasteiger partial charge in [0.1, 0.15) is 0 Å². The molecular weight excluding hydrogens is 354 g/mol. The fourth-order valence-electron chi connectivity index (χ4n) is 4.15. The Morgan fingerprint density at radius 3 is 2.68 bits per heavy atom. The molecule has 2 atom stereocenters. The van der Waals surface area contributed by atoms with Crippen molar-refractivity contribution in [3.8, 4) is 0 Å². The van der Waals surface area contributed by atoms with E-state index in [4.69, 9.17) is 0 Å². The SMILES string of the molecule is CCN(CCNC(=O)N1C[C@H](O)[C@@H](N2CCN(C)CC2)C1)c1cccc(C)c1. The molecule has 2 aliphatic heterocycles. The third kappa shape index (κ3) is 5.16. The Bertz CT molecular complexity index is 647.